The first-order valence-electron chi connectivity index (χ1n) is 16.4. The number of amides is 1. The van der Waals surface area contributed by atoms with Crippen LogP contribution in [0.15, 0.2) is 48.8 Å². The number of benzene rings is 1. The van der Waals surface area contributed by atoms with Gasteiger partial charge in [-0.15, -0.1) is 10.2 Å². The summed E-state index contributed by atoms with van der Waals surface area (Å²) in [5, 5.41) is 18.3. The van der Waals surface area contributed by atoms with Gasteiger partial charge in [-0.05, 0) is 116 Å². The summed E-state index contributed by atoms with van der Waals surface area (Å²) in [6.45, 7) is 6.30. The zero-order valence-electron chi connectivity index (χ0n) is 26.3. The number of hydrogen-bond acceptors (Lipinski definition) is 10. The van der Waals surface area contributed by atoms with Crippen molar-refractivity contribution >= 4 is 21.7 Å². The molecule has 5 fully saturated rings. The maximum absolute atomic E-state index is 13.1. The van der Waals surface area contributed by atoms with E-state index in [1.165, 1.54) is 25.5 Å². The molecule has 4 aliphatic carbocycles. The summed E-state index contributed by atoms with van der Waals surface area (Å²) in [5.41, 5.74) is 2.68. The Bertz CT molecular complexity index is 1650. The van der Waals surface area contributed by atoms with Gasteiger partial charge in [-0.1, -0.05) is 0 Å². The van der Waals surface area contributed by atoms with Gasteiger partial charge in [0.15, 0.2) is 11.5 Å². The summed E-state index contributed by atoms with van der Waals surface area (Å²) in [7, 11) is -3.79. The zero-order chi connectivity index (χ0) is 31.9. The maximum atomic E-state index is 13.1. The Hall–Kier alpha value is -3.77. The Morgan fingerprint density at radius 3 is 2.30 bits per heavy atom. The first kappa shape index (κ1) is 30.9. The van der Waals surface area contributed by atoms with Gasteiger partial charge >= 0.3 is 0 Å². The molecule has 1 aliphatic heterocycles. The topological polar surface area (TPSA) is 138 Å². The van der Waals surface area contributed by atoms with E-state index in [0.29, 0.717) is 30.2 Å². The molecule has 12 heteroatoms. The van der Waals surface area contributed by atoms with Gasteiger partial charge in [-0.2, -0.15) is 0 Å². The molecule has 4 saturated carbocycles. The van der Waals surface area contributed by atoms with Crippen LogP contribution in [-0.2, 0) is 16.6 Å². The van der Waals surface area contributed by atoms with Crippen LogP contribution in [0, 0.1) is 23.2 Å². The molecule has 5 aliphatic rings. The molecular weight excluding hydrogens is 604 g/mol. The fourth-order valence-electron chi connectivity index (χ4n) is 8.86. The van der Waals surface area contributed by atoms with Crippen molar-refractivity contribution in [1.82, 2.24) is 24.8 Å². The molecule has 11 nitrogen and oxygen atoms in total. The number of aromatic nitrogens is 3. The molecular formula is C34H42N6O5S. The first-order valence-corrected chi connectivity index (χ1v) is 18.1. The highest BCUT2D eigenvalue weighted by Gasteiger charge is 2.52. The first-order chi connectivity index (χ1) is 22.1. The van der Waals surface area contributed by atoms with Gasteiger partial charge in [0.2, 0.25) is 10.0 Å². The quantitative estimate of drug-likeness (QED) is 0.329. The Kier molecular flexibility index (Phi) is 8.35. The number of pyridine rings is 1. The minimum absolute atomic E-state index is 0.00314. The van der Waals surface area contributed by atoms with E-state index in [4.69, 9.17) is 4.74 Å². The van der Waals surface area contributed by atoms with Crippen LogP contribution in [0.5, 0.6) is 11.5 Å². The van der Waals surface area contributed by atoms with E-state index in [0.717, 1.165) is 74.4 Å². The number of sulfonamides is 1. The Morgan fingerprint density at radius 2 is 1.67 bits per heavy atom. The molecule has 0 unspecified atom stereocenters. The highest BCUT2D eigenvalue weighted by atomic mass is 32.2. The van der Waals surface area contributed by atoms with E-state index in [-0.39, 0.29) is 22.6 Å². The maximum Gasteiger partial charge on any atom is 0.285 e. The summed E-state index contributed by atoms with van der Waals surface area (Å²) in [5.74, 6) is 2.79. The van der Waals surface area contributed by atoms with Gasteiger partial charge in [0.1, 0.15) is 11.5 Å². The molecule has 1 aromatic carbocycles. The zero-order valence-corrected chi connectivity index (χ0v) is 27.1. The molecule has 2 N–H and O–H groups in total. The molecule has 0 atom stereocenters. The molecule has 3 heterocycles. The number of aromatic hydroxyl groups is 1. The van der Waals surface area contributed by atoms with Crippen molar-refractivity contribution in [2.45, 2.75) is 52.0 Å². The average Bonchev–Trinajstić information content (AvgIpc) is 3.00. The second-order valence-corrected chi connectivity index (χ2v) is 15.6. The van der Waals surface area contributed by atoms with Gasteiger partial charge in [-0.3, -0.25) is 14.7 Å². The second-order valence-electron chi connectivity index (χ2n) is 13.9. The van der Waals surface area contributed by atoms with E-state index in [2.05, 4.69) is 35.8 Å². The van der Waals surface area contributed by atoms with Crippen molar-refractivity contribution < 1.29 is 23.1 Å². The SMILES string of the molecule is CCOc1cc(CN2CCN(c3ccc(C(=O)NS(=O)(=O)CC45CC6CC(CC(C6)C4)C5)nn3)CC2)cc(-c2cncc(O)c2)c1. The van der Waals surface area contributed by atoms with E-state index in [1.54, 1.807) is 24.4 Å². The molecule has 0 spiro atoms. The van der Waals surface area contributed by atoms with Crippen molar-refractivity contribution in [3.8, 4) is 22.6 Å². The number of hydrogen-bond donors (Lipinski definition) is 2. The lowest BCUT2D eigenvalue weighted by molar-refractivity contribution is -0.0391. The monoisotopic (exact) mass is 646 g/mol. The molecule has 46 heavy (non-hydrogen) atoms. The van der Waals surface area contributed by atoms with Gasteiger partial charge in [0, 0.05) is 44.5 Å². The predicted octanol–water partition coefficient (Wildman–Crippen LogP) is 4.24. The Labute approximate surface area is 270 Å². The molecule has 244 valence electrons. The molecule has 2 aromatic heterocycles. The number of carbonyl (C=O) groups is 1. The Balaban J connectivity index is 0.939. The minimum atomic E-state index is -3.79. The molecule has 3 aromatic rings. The summed E-state index contributed by atoms with van der Waals surface area (Å²) in [6, 6.07) is 11.1. The van der Waals surface area contributed by atoms with Crippen LogP contribution >= 0.6 is 0 Å². The Morgan fingerprint density at radius 1 is 0.957 bits per heavy atom. The summed E-state index contributed by atoms with van der Waals surface area (Å²) < 4.78 is 34.3. The van der Waals surface area contributed by atoms with Crippen LogP contribution in [0.3, 0.4) is 0 Å². The van der Waals surface area contributed by atoms with Crippen LogP contribution in [0.25, 0.3) is 11.1 Å². The third-order valence-corrected chi connectivity index (χ3v) is 11.7. The van der Waals surface area contributed by atoms with Gasteiger partial charge in [0.05, 0.1) is 18.6 Å². The lowest BCUT2D eigenvalue weighted by Gasteiger charge is -2.56. The van der Waals surface area contributed by atoms with Gasteiger partial charge in [-0.25, -0.2) is 13.1 Å². The fourth-order valence-corrected chi connectivity index (χ4v) is 10.5. The molecule has 1 amide bonds. The van der Waals surface area contributed by atoms with E-state index >= 15 is 0 Å². The highest BCUT2D eigenvalue weighted by Crippen LogP contribution is 2.60. The van der Waals surface area contributed by atoms with Crippen molar-refractivity contribution in [1.29, 1.82) is 0 Å². The van der Waals surface area contributed by atoms with Crippen LogP contribution < -0.4 is 14.4 Å². The summed E-state index contributed by atoms with van der Waals surface area (Å²) >= 11 is 0. The average molecular weight is 647 g/mol. The van der Waals surface area contributed by atoms with Crippen LogP contribution in [0.4, 0.5) is 5.82 Å². The van der Waals surface area contributed by atoms with Crippen LogP contribution in [0.1, 0.15) is 61.5 Å². The second kappa shape index (κ2) is 12.4. The third kappa shape index (κ3) is 6.83. The van der Waals surface area contributed by atoms with Crippen LogP contribution in [0.2, 0.25) is 0 Å². The normalized spacial score (nSPS) is 25.8. The van der Waals surface area contributed by atoms with Crippen LogP contribution in [-0.4, -0.2) is 78.1 Å². The number of nitrogens with zero attached hydrogens (tertiary/aromatic N) is 5. The summed E-state index contributed by atoms with van der Waals surface area (Å²) in [4.78, 5) is 21.5. The standard InChI is InChI=1S/C34H42N6O5S/c1-2-45-30-13-26(12-27(15-30)28-14-29(41)20-35-19-28)21-39-5-7-40(8-6-39)32-4-3-31(36-37-32)33(42)38-46(43,44)22-34-16-23-9-24(17-34)11-25(10-23)18-34/h3-4,12-15,19-20,23-25,41H,2,5-11,16-18,21-22H2,1H3,(H,38,42). The lowest BCUT2D eigenvalue weighted by Crippen LogP contribution is -2.51. The number of carbonyl (C=O) groups excluding carboxylic acids is 1. The number of anilines is 1. The molecule has 8 rings (SSSR count). The smallest absolute Gasteiger partial charge is 0.285 e. The van der Waals surface area contributed by atoms with Crippen molar-refractivity contribution in [3.63, 3.8) is 0 Å². The molecule has 4 bridgehead atoms. The lowest BCUT2D eigenvalue weighted by atomic mass is 9.50. The number of ether oxygens (including phenoxy) is 1. The number of rotatable bonds is 10. The fraction of sp³-hybridized carbons (Fsp3) is 0.529. The van der Waals surface area contributed by atoms with E-state index in [9.17, 15) is 18.3 Å². The number of piperazine rings is 1. The number of nitrogens with one attached hydrogen (secondary N) is 1. The van der Waals surface area contributed by atoms with E-state index in [1.807, 2.05) is 19.1 Å². The van der Waals surface area contributed by atoms with Crippen molar-refractivity contribution in [2.24, 2.45) is 23.2 Å². The van der Waals surface area contributed by atoms with Gasteiger partial charge in [0.25, 0.3) is 5.91 Å². The molecule has 1 saturated heterocycles. The largest absolute Gasteiger partial charge is 0.506 e. The van der Waals surface area contributed by atoms with E-state index < -0.39 is 15.9 Å². The predicted molar refractivity (Wildman–Crippen MR) is 174 cm³/mol. The third-order valence-electron chi connectivity index (χ3n) is 10.2. The van der Waals surface area contributed by atoms with Crippen molar-refractivity contribution in [3.05, 3.63) is 60.0 Å². The summed E-state index contributed by atoms with van der Waals surface area (Å²) in [6.07, 6.45) is 9.76. The molecule has 0 radical (unpaired) electrons. The van der Waals surface area contributed by atoms with Gasteiger partial charge < -0.3 is 14.7 Å². The highest BCUT2D eigenvalue weighted by molar-refractivity contribution is 7.90. The minimum Gasteiger partial charge on any atom is -0.506 e. The van der Waals surface area contributed by atoms with Crippen molar-refractivity contribution in [2.75, 3.05) is 43.4 Å².